The third-order valence-corrected chi connectivity index (χ3v) is 3.24. The molecule has 4 heteroatoms. The number of aliphatic hydroxyl groups is 1. The Bertz CT molecular complexity index is 210. The number of hydrogen-bond donors (Lipinski definition) is 1. The van der Waals surface area contributed by atoms with E-state index in [4.69, 9.17) is 5.11 Å². The van der Waals surface area contributed by atoms with E-state index in [2.05, 4.69) is 13.8 Å². The molecule has 0 heterocycles. The molecule has 1 aliphatic carbocycles. The summed E-state index contributed by atoms with van der Waals surface area (Å²) in [6.07, 6.45) is -3.07. The Kier molecular flexibility index (Phi) is 3.69. The largest absolute Gasteiger partial charge is 0.414 e. The van der Waals surface area contributed by atoms with Gasteiger partial charge in [-0.25, -0.2) is 0 Å². The summed E-state index contributed by atoms with van der Waals surface area (Å²) in [5.41, 5.74) is 0.133. The van der Waals surface area contributed by atoms with Gasteiger partial charge >= 0.3 is 6.18 Å². The minimum atomic E-state index is -4.46. The van der Waals surface area contributed by atoms with Gasteiger partial charge in [0.15, 0.2) is 0 Å². The molecule has 0 bridgehead atoms. The van der Waals surface area contributed by atoms with Crippen molar-refractivity contribution < 1.29 is 18.3 Å². The maximum Gasteiger partial charge on any atom is 0.414 e. The van der Waals surface area contributed by atoms with Gasteiger partial charge in [0.05, 0.1) is 0 Å². The van der Waals surface area contributed by atoms with Gasteiger partial charge in [-0.3, -0.25) is 0 Å². The van der Waals surface area contributed by atoms with E-state index in [1.54, 1.807) is 0 Å². The van der Waals surface area contributed by atoms with E-state index in [0.717, 1.165) is 25.7 Å². The second-order valence-electron chi connectivity index (χ2n) is 5.42. The summed E-state index contributed by atoms with van der Waals surface area (Å²) in [7, 11) is 0. The molecule has 0 aromatic heterocycles. The van der Waals surface area contributed by atoms with Crippen LogP contribution < -0.4 is 0 Å². The van der Waals surface area contributed by atoms with Crippen molar-refractivity contribution >= 4 is 0 Å². The SMILES string of the molecule is CC1(C)CCCC(CC(O)C(F)(F)F)C1. The second-order valence-corrected chi connectivity index (χ2v) is 5.42. The number of halogens is 3. The molecule has 15 heavy (non-hydrogen) atoms. The summed E-state index contributed by atoms with van der Waals surface area (Å²) in [6, 6.07) is 0. The third kappa shape index (κ3) is 4.01. The van der Waals surface area contributed by atoms with Gasteiger partial charge in [0.25, 0.3) is 0 Å². The molecule has 1 N–H and O–H groups in total. The Hall–Kier alpha value is -0.250. The standard InChI is InChI=1S/C11H19F3O/c1-10(2)5-3-4-8(7-10)6-9(15)11(12,13)14/h8-9,15H,3-7H2,1-2H3. The highest BCUT2D eigenvalue weighted by molar-refractivity contribution is 4.82. The van der Waals surface area contributed by atoms with E-state index >= 15 is 0 Å². The molecule has 1 nitrogen and oxygen atoms in total. The minimum absolute atomic E-state index is 0.0189. The Morgan fingerprint density at radius 2 is 2.00 bits per heavy atom. The zero-order valence-electron chi connectivity index (χ0n) is 9.27. The van der Waals surface area contributed by atoms with Crippen molar-refractivity contribution in [1.82, 2.24) is 0 Å². The van der Waals surface area contributed by atoms with Crippen molar-refractivity contribution in [1.29, 1.82) is 0 Å². The fourth-order valence-electron chi connectivity index (χ4n) is 2.51. The van der Waals surface area contributed by atoms with Crippen molar-refractivity contribution in [2.75, 3.05) is 0 Å². The smallest absolute Gasteiger partial charge is 0.384 e. The van der Waals surface area contributed by atoms with Gasteiger partial charge in [0.2, 0.25) is 0 Å². The molecular weight excluding hydrogens is 205 g/mol. The zero-order chi connectivity index (χ0) is 11.7. The van der Waals surface area contributed by atoms with Crippen LogP contribution in [-0.2, 0) is 0 Å². The normalized spacial score (nSPS) is 28.8. The van der Waals surface area contributed by atoms with E-state index in [1.807, 2.05) is 0 Å². The lowest BCUT2D eigenvalue weighted by Crippen LogP contribution is -2.33. The summed E-state index contributed by atoms with van der Waals surface area (Å²) >= 11 is 0. The summed E-state index contributed by atoms with van der Waals surface area (Å²) < 4.78 is 36.4. The molecule has 1 aliphatic rings. The summed E-state index contributed by atoms with van der Waals surface area (Å²) in [6.45, 7) is 4.16. The number of aliphatic hydroxyl groups excluding tert-OH is 1. The summed E-state index contributed by atoms with van der Waals surface area (Å²) in [5, 5.41) is 8.98. The average Bonchev–Trinajstić information content (AvgIpc) is 2.00. The van der Waals surface area contributed by atoms with Gasteiger partial charge in [0.1, 0.15) is 6.10 Å². The number of hydrogen-bond acceptors (Lipinski definition) is 1. The molecule has 2 unspecified atom stereocenters. The Morgan fingerprint density at radius 1 is 1.40 bits per heavy atom. The molecule has 0 aromatic carbocycles. The van der Waals surface area contributed by atoms with Gasteiger partial charge in [-0.05, 0) is 30.6 Å². The topological polar surface area (TPSA) is 20.2 Å². The predicted molar refractivity (Wildman–Crippen MR) is 52.4 cm³/mol. The van der Waals surface area contributed by atoms with Crippen LogP contribution in [0.15, 0.2) is 0 Å². The highest BCUT2D eigenvalue weighted by atomic mass is 19.4. The number of alkyl halides is 3. The van der Waals surface area contributed by atoms with Crippen LogP contribution in [0.3, 0.4) is 0 Å². The van der Waals surface area contributed by atoms with Crippen LogP contribution >= 0.6 is 0 Å². The molecule has 2 atom stereocenters. The molecule has 0 aromatic rings. The minimum Gasteiger partial charge on any atom is -0.384 e. The van der Waals surface area contributed by atoms with Crippen LogP contribution in [0.2, 0.25) is 0 Å². The quantitative estimate of drug-likeness (QED) is 0.761. The molecule has 0 amide bonds. The second kappa shape index (κ2) is 4.32. The molecule has 0 saturated heterocycles. The van der Waals surface area contributed by atoms with E-state index in [1.165, 1.54) is 0 Å². The van der Waals surface area contributed by atoms with Gasteiger partial charge in [0, 0.05) is 0 Å². The molecule has 1 saturated carbocycles. The zero-order valence-corrected chi connectivity index (χ0v) is 9.27. The third-order valence-electron chi connectivity index (χ3n) is 3.24. The van der Waals surface area contributed by atoms with Gasteiger partial charge in [-0.15, -0.1) is 0 Å². The van der Waals surface area contributed by atoms with E-state index in [9.17, 15) is 13.2 Å². The molecule has 1 fully saturated rings. The summed E-state index contributed by atoms with van der Waals surface area (Å²) in [5.74, 6) is 0.0189. The summed E-state index contributed by atoms with van der Waals surface area (Å²) in [4.78, 5) is 0. The fraction of sp³-hybridized carbons (Fsp3) is 1.00. The molecule has 0 spiro atoms. The number of rotatable bonds is 2. The fourth-order valence-corrected chi connectivity index (χ4v) is 2.51. The van der Waals surface area contributed by atoms with Crippen molar-refractivity contribution in [2.24, 2.45) is 11.3 Å². The maximum atomic E-state index is 12.1. The van der Waals surface area contributed by atoms with Crippen LogP contribution in [0.5, 0.6) is 0 Å². The van der Waals surface area contributed by atoms with E-state index < -0.39 is 12.3 Å². The lowest BCUT2D eigenvalue weighted by Gasteiger charge is -2.36. The lowest BCUT2D eigenvalue weighted by atomic mass is 9.71. The van der Waals surface area contributed by atoms with E-state index in [0.29, 0.717) is 0 Å². The first-order valence-corrected chi connectivity index (χ1v) is 5.45. The monoisotopic (exact) mass is 224 g/mol. The lowest BCUT2D eigenvalue weighted by molar-refractivity contribution is -0.209. The Morgan fingerprint density at radius 3 is 2.47 bits per heavy atom. The van der Waals surface area contributed by atoms with E-state index in [-0.39, 0.29) is 17.8 Å². The van der Waals surface area contributed by atoms with Crippen LogP contribution in [0.4, 0.5) is 13.2 Å². The average molecular weight is 224 g/mol. The van der Waals surface area contributed by atoms with Crippen LogP contribution in [0.25, 0.3) is 0 Å². The first-order chi connectivity index (χ1) is 6.71. The van der Waals surface area contributed by atoms with Crippen LogP contribution in [0.1, 0.15) is 46.0 Å². The molecule has 0 radical (unpaired) electrons. The Labute approximate surface area is 88.7 Å². The molecule has 0 aliphatic heterocycles. The van der Waals surface area contributed by atoms with Crippen molar-refractivity contribution in [3.63, 3.8) is 0 Å². The van der Waals surface area contributed by atoms with Crippen LogP contribution in [0, 0.1) is 11.3 Å². The molecule has 90 valence electrons. The van der Waals surface area contributed by atoms with Crippen LogP contribution in [-0.4, -0.2) is 17.4 Å². The van der Waals surface area contributed by atoms with Gasteiger partial charge in [-0.1, -0.05) is 26.7 Å². The highest BCUT2D eigenvalue weighted by Crippen LogP contribution is 2.41. The van der Waals surface area contributed by atoms with Gasteiger partial charge in [-0.2, -0.15) is 13.2 Å². The van der Waals surface area contributed by atoms with Crippen molar-refractivity contribution in [3.8, 4) is 0 Å². The first kappa shape index (κ1) is 12.8. The first-order valence-electron chi connectivity index (χ1n) is 5.45. The molecule has 1 rings (SSSR count). The Balaban J connectivity index is 2.45. The maximum absolute atomic E-state index is 12.1. The highest BCUT2D eigenvalue weighted by Gasteiger charge is 2.40. The van der Waals surface area contributed by atoms with Crippen molar-refractivity contribution in [2.45, 2.75) is 58.2 Å². The predicted octanol–water partition coefficient (Wildman–Crippen LogP) is 3.52. The van der Waals surface area contributed by atoms with Gasteiger partial charge < -0.3 is 5.11 Å². The molecular formula is C11H19F3O. The van der Waals surface area contributed by atoms with Crippen molar-refractivity contribution in [3.05, 3.63) is 0 Å².